The molecule has 0 bridgehead atoms. The van der Waals surface area contributed by atoms with Crippen molar-refractivity contribution in [2.24, 2.45) is 0 Å². The molecule has 3 aromatic carbocycles. The first-order chi connectivity index (χ1) is 14.7. The number of hydrogen-bond donors (Lipinski definition) is 1. The van der Waals surface area contributed by atoms with Crippen molar-refractivity contribution in [1.29, 1.82) is 0 Å². The molecule has 0 aliphatic carbocycles. The highest BCUT2D eigenvalue weighted by Crippen LogP contribution is 2.35. The summed E-state index contributed by atoms with van der Waals surface area (Å²) in [6, 6.07) is 21.8. The Bertz CT molecular complexity index is 1040. The van der Waals surface area contributed by atoms with Gasteiger partial charge in [-0.25, -0.2) is 0 Å². The Balaban J connectivity index is 1.69. The molecule has 0 spiro atoms. The van der Waals surface area contributed by atoms with E-state index in [1.807, 2.05) is 47.4 Å². The lowest BCUT2D eigenvalue weighted by Gasteiger charge is -2.32. The lowest BCUT2D eigenvalue weighted by molar-refractivity contribution is -0.117. The highest BCUT2D eigenvalue weighted by molar-refractivity contribution is 6.30. The van der Waals surface area contributed by atoms with Crippen LogP contribution in [0.4, 0.5) is 11.4 Å². The van der Waals surface area contributed by atoms with Crippen LogP contribution in [0.5, 0.6) is 11.5 Å². The summed E-state index contributed by atoms with van der Waals surface area (Å²) < 4.78 is 10.8. The maximum absolute atomic E-state index is 13.5. The summed E-state index contributed by atoms with van der Waals surface area (Å²) in [5.41, 5.74) is 2.37. The van der Waals surface area contributed by atoms with Gasteiger partial charge >= 0.3 is 0 Å². The number of para-hydroxylation sites is 1. The largest absolute Gasteiger partial charge is 0.454 e. The first-order valence-electron chi connectivity index (χ1n) is 9.54. The number of fused-ring (bicyclic) bond motifs is 1. The number of anilines is 2. The van der Waals surface area contributed by atoms with Crippen molar-refractivity contribution in [1.82, 2.24) is 0 Å². The SMILES string of the molecule is C=CCN(c1ccccc1)[C@@H](C(=O)Nc1ccc2c(c1)OCO2)c1ccc(Cl)cc1. The summed E-state index contributed by atoms with van der Waals surface area (Å²) in [6.07, 6.45) is 1.78. The molecule has 4 rings (SSSR count). The van der Waals surface area contributed by atoms with Crippen molar-refractivity contribution < 1.29 is 14.3 Å². The quantitative estimate of drug-likeness (QED) is 0.517. The molecule has 0 radical (unpaired) electrons. The molecule has 6 heteroatoms. The second kappa shape index (κ2) is 8.93. The molecule has 3 aromatic rings. The number of nitrogens with zero attached hydrogens (tertiary/aromatic N) is 1. The number of nitrogens with one attached hydrogen (secondary N) is 1. The second-order valence-electron chi connectivity index (χ2n) is 6.79. The Morgan fingerprint density at radius 3 is 2.53 bits per heavy atom. The Labute approximate surface area is 180 Å². The number of carbonyl (C=O) groups excluding carboxylic acids is 1. The third-order valence-electron chi connectivity index (χ3n) is 4.80. The molecule has 0 fully saturated rings. The molecule has 0 unspecified atom stereocenters. The van der Waals surface area contributed by atoms with Crippen LogP contribution >= 0.6 is 11.6 Å². The van der Waals surface area contributed by atoms with Crippen molar-refractivity contribution >= 4 is 28.9 Å². The first kappa shape index (κ1) is 19.9. The van der Waals surface area contributed by atoms with Gasteiger partial charge in [0.2, 0.25) is 6.79 Å². The molecular weight excluding hydrogens is 400 g/mol. The number of benzene rings is 3. The summed E-state index contributed by atoms with van der Waals surface area (Å²) in [5.74, 6) is 1.10. The number of carbonyl (C=O) groups is 1. The molecule has 152 valence electrons. The Morgan fingerprint density at radius 1 is 1.07 bits per heavy atom. The average molecular weight is 421 g/mol. The molecule has 5 nitrogen and oxygen atoms in total. The van der Waals surface area contributed by atoms with E-state index in [0.29, 0.717) is 28.8 Å². The van der Waals surface area contributed by atoms with E-state index < -0.39 is 6.04 Å². The van der Waals surface area contributed by atoms with Gasteiger partial charge in [0.15, 0.2) is 11.5 Å². The number of hydrogen-bond acceptors (Lipinski definition) is 4. The minimum atomic E-state index is -0.590. The molecule has 1 atom stereocenters. The van der Waals surface area contributed by atoms with Crippen LogP contribution in [-0.4, -0.2) is 19.2 Å². The highest BCUT2D eigenvalue weighted by atomic mass is 35.5. The van der Waals surface area contributed by atoms with Gasteiger partial charge < -0.3 is 19.7 Å². The van der Waals surface area contributed by atoms with Gasteiger partial charge in [-0.1, -0.05) is 48.0 Å². The predicted octanol–water partition coefficient (Wildman–Crippen LogP) is 5.44. The number of ether oxygens (including phenoxy) is 2. The Hall–Kier alpha value is -3.44. The zero-order valence-electron chi connectivity index (χ0n) is 16.3. The van der Waals surface area contributed by atoms with Gasteiger partial charge in [-0.2, -0.15) is 0 Å². The molecule has 1 aliphatic heterocycles. The van der Waals surface area contributed by atoms with Gasteiger partial charge in [0, 0.05) is 29.0 Å². The van der Waals surface area contributed by atoms with Gasteiger partial charge in [0.1, 0.15) is 6.04 Å². The van der Waals surface area contributed by atoms with Gasteiger partial charge in [-0.3, -0.25) is 4.79 Å². The normalized spacial score (nSPS) is 12.8. The van der Waals surface area contributed by atoms with Crippen LogP contribution in [0.15, 0.2) is 85.5 Å². The van der Waals surface area contributed by atoms with Crippen molar-refractivity contribution in [2.75, 3.05) is 23.6 Å². The van der Waals surface area contributed by atoms with Crippen LogP contribution in [0, 0.1) is 0 Å². The van der Waals surface area contributed by atoms with Crippen LogP contribution in [-0.2, 0) is 4.79 Å². The third kappa shape index (κ3) is 4.26. The molecule has 0 saturated heterocycles. The smallest absolute Gasteiger partial charge is 0.251 e. The lowest BCUT2D eigenvalue weighted by atomic mass is 10.0. The minimum absolute atomic E-state index is 0.179. The maximum atomic E-state index is 13.5. The summed E-state index contributed by atoms with van der Waals surface area (Å²) >= 11 is 6.08. The fourth-order valence-electron chi connectivity index (χ4n) is 3.42. The summed E-state index contributed by atoms with van der Waals surface area (Å²) in [7, 11) is 0. The van der Waals surface area contributed by atoms with Gasteiger partial charge in [0.25, 0.3) is 5.91 Å². The highest BCUT2D eigenvalue weighted by Gasteiger charge is 2.28. The number of rotatable bonds is 7. The zero-order valence-corrected chi connectivity index (χ0v) is 17.0. The molecule has 1 aliphatic rings. The molecular formula is C24H21ClN2O3. The summed E-state index contributed by atoms with van der Waals surface area (Å²) in [6.45, 7) is 4.55. The monoisotopic (exact) mass is 420 g/mol. The third-order valence-corrected chi connectivity index (χ3v) is 5.05. The molecule has 0 aromatic heterocycles. The van der Waals surface area contributed by atoms with E-state index in [9.17, 15) is 4.79 Å². The molecule has 1 N–H and O–H groups in total. The minimum Gasteiger partial charge on any atom is -0.454 e. The topological polar surface area (TPSA) is 50.8 Å². The van der Waals surface area contributed by atoms with Crippen LogP contribution in [0.25, 0.3) is 0 Å². The predicted molar refractivity (Wildman–Crippen MR) is 119 cm³/mol. The second-order valence-corrected chi connectivity index (χ2v) is 7.22. The number of amides is 1. The summed E-state index contributed by atoms with van der Waals surface area (Å²) in [5, 5.41) is 3.62. The van der Waals surface area contributed by atoms with Gasteiger partial charge in [0.05, 0.1) is 0 Å². The molecule has 0 saturated carbocycles. The van der Waals surface area contributed by atoms with E-state index in [-0.39, 0.29) is 12.7 Å². The average Bonchev–Trinajstić information content (AvgIpc) is 3.23. The van der Waals surface area contributed by atoms with Crippen molar-refractivity contribution in [3.63, 3.8) is 0 Å². The van der Waals surface area contributed by atoms with E-state index in [1.165, 1.54) is 0 Å². The summed E-state index contributed by atoms with van der Waals surface area (Å²) in [4.78, 5) is 15.5. The van der Waals surface area contributed by atoms with E-state index in [2.05, 4.69) is 11.9 Å². The van der Waals surface area contributed by atoms with Crippen molar-refractivity contribution in [2.45, 2.75) is 6.04 Å². The van der Waals surface area contributed by atoms with E-state index in [1.54, 1.807) is 36.4 Å². The fraction of sp³-hybridized carbons (Fsp3) is 0.125. The van der Waals surface area contributed by atoms with E-state index >= 15 is 0 Å². The van der Waals surface area contributed by atoms with Gasteiger partial charge in [-0.15, -0.1) is 6.58 Å². The lowest BCUT2D eigenvalue weighted by Crippen LogP contribution is -2.37. The standard InChI is InChI=1S/C24H21ClN2O3/c1-2-14-27(20-6-4-3-5-7-20)23(17-8-10-18(25)11-9-17)24(28)26-19-12-13-21-22(15-19)30-16-29-21/h2-13,15,23H,1,14,16H2,(H,26,28)/t23-/m1/s1. The van der Waals surface area contributed by atoms with Crippen LogP contribution < -0.4 is 19.7 Å². The first-order valence-corrected chi connectivity index (χ1v) is 9.92. The van der Waals surface area contributed by atoms with Gasteiger partial charge in [-0.05, 0) is 42.0 Å². The van der Waals surface area contributed by atoms with E-state index in [0.717, 1.165) is 11.3 Å². The molecule has 1 amide bonds. The van der Waals surface area contributed by atoms with E-state index in [4.69, 9.17) is 21.1 Å². The van der Waals surface area contributed by atoms with Crippen LogP contribution in [0.1, 0.15) is 11.6 Å². The number of halogens is 1. The van der Waals surface area contributed by atoms with Crippen molar-refractivity contribution in [3.8, 4) is 11.5 Å². The maximum Gasteiger partial charge on any atom is 0.251 e. The van der Waals surface area contributed by atoms with Crippen LogP contribution in [0.2, 0.25) is 5.02 Å². The van der Waals surface area contributed by atoms with Crippen molar-refractivity contribution in [3.05, 3.63) is 96.0 Å². The van der Waals surface area contributed by atoms with Crippen LogP contribution in [0.3, 0.4) is 0 Å². The molecule has 1 heterocycles. The fourth-order valence-corrected chi connectivity index (χ4v) is 3.55. The molecule has 30 heavy (non-hydrogen) atoms. The Kier molecular flexibility index (Phi) is 5.91. The Morgan fingerprint density at radius 2 is 1.80 bits per heavy atom. The zero-order chi connectivity index (χ0) is 20.9.